The summed E-state index contributed by atoms with van der Waals surface area (Å²) in [5.41, 5.74) is 1.31. The third-order valence-corrected chi connectivity index (χ3v) is 5.43. The van der Waals surface area contributed by atoms with E-state index in [9.17, 15) is 8.78 Å². The second kappa shape index (κ2) is 6.82. The van der Waals surface area contributed by atoms with Crippen molar-refractivity contribution in [3.63, 3.8) is 0 Å². The first-order valence-corrected chi connectivity index (χ1v) is 8.95. The highest BCUT2D eigenvalue weighted by molar-refractivity contribution is 5.65. The van der Waals surface area contributed by atoms with Crippen LogP contribution in [-0.4, -0.2) is 30.7 Å². The molecule has 0 bridgehead atoms. The van der Waals surface area contributed by atoms with Crippen LogP contribution in [0, 0.1) is 29.0 Å². The fourth-order valence-electron chi connectivity index (χ4n) is 3.66. The maximum absolute atomic E-state index is 14.6. The fourth-order valence-corrected chi connectivity index (χ4v) is 3.66. The third kappa shape index (κ3) is 3.35. The Kier molecular flexibility index (Phi) is 4.48. The standard InChI is InChI=1S/C21H20F2N2O2/c1-26-20-7-4-15(9-19(20)23)14-2-3-16(18(22)8-14)10-27-21(17-5-6-17)11-25(12-21)13-24/h2-4,7-9,17H,5-6,10-12H2,1H3. The number of hydrogen-bond acceptors (Lipinski definition) is 4. The van der Waals surface area contributed by atoms with E-state index in [0.717, 1.165) is 12.8 Å². The van der Waals surface area contributed by atoms with Gasteiger partial charge in [0, 0.05) is 5.56 Å². The lowest BCUT2D eigenvalue weighted by Crippen LogP contribution is -2.62. The van der Waals surface area contributed by atoms with Crippen molar-refractivity contribution in [1.82, 2.24) is 4.90 Å². The van der Waals surface area contributed by atoms with Gasteiger partial charge in [-0.05, 0) is 48.1 Å². The summed E-state index contributed by atoms with van der Waals surface area (Å²) >= 11 is 0. The molecule has 0 amide bonds. The van der Waals surface area contributed by atoms with Gasteiger partial charge in [-0.1, -0.05) is 18.2 Å². The molecule has 2 aliphatic rings. The van der Waals surface area contributed by atoms with E-state index in [1.54, 1.807) is 23.1 Å². The molecule has 4 rings (SSSR count). The Hall–Kier alpha value is -2.65. The molecule has 0 unspecified atom stereocenters. The van der Waals surface area contributed by atoms with Gasteiger partial charge in [-0.25, -0.2) is 8.78 Å². The second-order valence-corrected chi connectivity index (χ2v) is 7.24. The van der Waals surface area contributed by atoms with E-state index in [2.05, 4.69) is 6.19 Å². The zero-order valence-corrected chi connectivity index (χ0v) is 15.0. The van der Waals surface area contributed by atoms with Crippen molar-refractivity contribution >= 4 is 0 Å². The molecule has 1 heterocycles. The number of rotatable bonds is 6. The number of hydrogen-bond donors (Lipinski definition) is 0. The monoisotopic (exact) mass is 370 g/mol. The van der Waals surface area contributed by atoms with Gasteiger partial charge in [-0.3, -0.25) is 0 Å². The molecule has 0 spiro atoms. The van der Waals surface area contributed by atoms with Gasteiger partial charge < -0.3 is 14.4 Å². The lowest BCUT2D eigenvalue weighted by molar-refractivity contribution is -0.148. The first-order valence-electron chi connectivity index (χ1n) is 8.95. The first kappa shape index (κ1) is 17.7. The summed E-state index contributed by atoms with van der Waals surface area (Å²) in [5.74, 6) is -0.249. The number of benzene rings is 2. The molecule has 1 aliphatic heterocycles. The Balaban J connectivity index is 1.47. The van der Waals surface area contributed by atoms with Crippen LogP contribution >= 0.6 is 0 Å². The van der Waals surface area contributed by atoms with Gasteiger partial charge in [0.1, 0.15) is 11.4 Å². The van der Waals surface area contributed by atoms with Crippen LogP contribution in [0.2, 0.25) is 0 Å². The van der Waals surface area contributed by atoms with Crippen molar-refractivity contribution in [2.75, 3.05) is 20.2 Å². The molecule has 0 atom stereocenters. The topological polar surface area (TPSA) is 45.5 Å². The summed E-state index contributed by atoms with van der Waals surface area (Å²) in [7, 11) is 1.40. The van der Waals surface area contributed by atoms with Crippen LogP contribution in [0.25, 0.3) is 11.1 Å². The Bertz CT molecular complexity index is 900. The molecule has 0 N–H and O–H groups in total. The van der Waals surface area contributed by atoms with Crippen molar-refractivity contribution < 1.29 is 18.3 Å². The maximum atomic E-state index is 14.6. The SMILES string of the molecule is COc1ccc(-c2ccc(COC3(C4CC4)CN(C#N)C3)c(F)c2)cc1F. The Morgan fingerprint density at radius 1 is 1.11 bits per heavy atom. The van der Waals surface area contributed by atoms with Crippen LogP contribution in [-0.2, 0) is 11.3 Å². The molecule has 0 aromatic heterocycles. The molecule has 6 heteroatoms. The smallest absolute Gasteiger partial charge is 0.179 e. The largest absolute Gasteiger partial charge is 0.494 e. The minimum Gasteiger partial charge on any atom is -0.494 e. The van der Waals surface area contributed by atoms with Gasteiger partial charge in [0.05, 0.1) is 26.8 Å². The van der Waals surface area contributed by atoms with E-state index in [0.29, 0.717) is 35.7 Å². The lowest BCUT2D eigenvalue weighted by Gasteiger charge is -2.47. The number of halogens is 2. The second-order valence-electron chi connectivity index (χ2n) is 7.24. The molecule has 1 aliphatic carbocycles. The summed E-state index contributed by atoms with van der Waals surface area (Å²) in [6.45, 7) is 1.33. The third-order valence-electron chi connectivity index (χ3n) is 5.43. The molecule has 140 valence electrons. The molecular weight excluding hydrogens is 350 g/mol. The molecule has 2 aromatic rings. The highest BCUT2D eigenvalue weighted by atomic mass is 19.1. The van der Waals surface area contributed by atoms with Gasteiger partial charge >= 0.3 is 0 Å². The van der Waals surface area contributed by atoms with Gasteiger partial charge in [0.2, 0.25) is 0 Å². The molecule has 2 aromatic carbocycles. The van der Waals surface area contributed by atoms with Crippen LogP contribution in [0.1, 0.15) is 18.4 Å². The maximum Gasteiger partial charge on any atom is 0.179 e. The van der Waals surface area contributed by atoms with Crippen LogP contribution in [0.4, 0.5) is 8.78 Å². The average molecular weight is 370 g/mol. The fraction of sp³-hybridized carbons (Fsp3) is 0.381. The Morgan fingerprint density at radius 2 is 1.78 bits per heavy atom. The van der Waals surface area contributed by atoms with E-state index in [1.165, 1.54) is 25.3 Å². The van der Waals surface area contributed by atoms with Gasteiger partial charge in [-0.15, -0.1) is 0 Å². The van der Waals surface area contributed by atoms with Crippen LogP contribution in [0.3, 0.4) is 0 Å². The molecule has 27 heavy (non-hydrogen) atoms. The van der Waals surface area contributed by atoms with Crippen LogP contribution in [0.5, 0.6) is 5.75 Å². The van der Waals surface area contributed by atoms with Gasteiger partial charge in [0.25, 0.3) is 0 Å². The quantitative estimate of drug-likeness (QED) is 0.718. The zero-order valence-electron chi connectivity index (χ0n) is 15.0. The number of nitriles is 1. The summed E-state index contributed by atoms with van der Waals surface area (Å²) < 4.78 is 39.5. The average Bonchev–Trinajstić information content (AvgIpc) is 3.47. The van der Waals surface area contributed by atoms with E-state index in [-0.39, 0.29) is 23.8 Å². The molecule has 2 fully saturated rings. The first-order chi connectivity index (χ1) is 13.0. The predicted molar refractivity (Wildman–Crippen MR) is 95.8 cm³/mol. The van der Waals surface area contributed by atoms with Gasteiger partial charge in [0.15, 0.2) is 17.8 Å². The van der Waals surface area contributed by atoms with E-state index >= 15 is 0 Å². The van der Waals surface area contributed by atoms with Crippen molar-refractivity contribution in [1.29, 1.82) is 5.26 Å². The summed E-state index contributed by atoms with van der Waals surface area (Å²) in [6, 6.07) is 9.38. The molecule has 0 radical (unpaired) electrons. The molecular formula is C21H20F2N2O2. The predicted octanol–water partition coefficient (Wildman–Crippen LogP) is 4.10. The Morgan fingerprint density at radius 3 is 2.33 bits per heavy atom. The number of nitrogens with zero attached hydrogens (tertiary/aromatic N) is 2. The van der Waals surface area contributed by atoms with Gasteiger partial charge in [-0.2, -0.15) is 5.26 Å². The minimum atomic E-state index is -0.485. The number of ether oxygens (including phenoxy) is 2. The molecule has 4 nitrogen and oxygen atoms in total. The summed E-state index contributed by atoms with van der Waals surface area (Å²) in [4.78, 5) is 1.66. The van der Waals surface area contributed by atoms with Crippen molar-refractivity contribution in [2.45, 2.75) is 25.0 Å². The van der Waals surface area contributed by atoms with E-state index in [4.69, 9.17) is 14.7 Å². The zero-order chi connectivity index (χ0) is 19.0. The highest BCUT2D eigenvalue weighted by Crippen LogP contribution is 2.47. The molecule has 1 saturated heterocycles. The van der Waals surface area contributed by atoms with Crippen LogP contribution < -0.4 is 4.74 Å². The molecule has 1 saturated carbocycles. The summed E-state index contributed by atoms with van der Waals surface area (Å²) in [5, 5.41) is 8.97. The van der Waals surface area contributed by atoms with Crippen LogP contribution in [0.15, 0.2) is 36.4 Å². The van der Waals surface area contributed by atoms with E-state index < -0.39 is 5.82 Å². The van der Waals surface area contributed by atoms with Crippen molar-refractivity contribution in [2.24, 2.45) is 5.92 Å². The van der Waals surface area contributed by atoms with E-state index in [1.807, 2.05) is 0 Å². The highest BCUT2D eigenvalue weighted by Gasteiger charge is 2.54. The summed E-state index contributed by atoms with van der Waals surface area (Å²) in [6.07, 6.45) is 4.33. The lowest BCUT2D eigenvalue weighted by atomic mass is 9.89. The normalized spacial score (nSPS) is 17.9. The number of likely N-dealkylation sites (tertiary alicyclic amines) is 1. The minimum absolute atomic E-state index is 0.154. The number of methoxy groups -OCH3 is 1. The van der Waals surface area contributed by atoms with Crippen molar-refractivity contribution in [3.05, 3.63) is 53.6 Å². The van der Waals surface area contributed by atoms with Crippen molar-refractivity contribution in [3.8, 4) is 23.1 Å². The Labute approximate surface area is 156 Å².